The van der Waals surface area contributed by atoms with Crippen LogP contribution < -0.4 is 39.0 Å². The summed E-state index contributed by atoms with van der Waals surface area (Å²) in [5, 5.41) is 11.0. The molecular formula is C67H71F4N4NaO11S2. The molecule has 0 radical (unpaired) electrons. The zero-order chi connectivity index (χ0) is 61.0. The molecular weight excluding hydrogens is 1200 g/mol. The number of nitrogens with zero attached hydrogens (tertiary/aromatic N) is 4. The first-order valence-corrected chi connectivity index (χ1v) is 31.9. The van der Waals surface area contributed by atoms with Gasteiger partial charge >= 0.3 is 41.5 Å². The van der Waals surface area contributed by atoms with Crippen molar-refractivity contribution in [3.05, 3.63) is 144 Å². The third kappa shape index (κ3) is 15.7. The standard InChI is InChI=1S/C34H36F2N2O5S.C33H34F2N2O5S.Na.H2O/c1-42-32(41)34-18-23(34)10-6-4-2-3-5-9-22(13-21-14-24(35)16-25(36)15-21)31(40)38-20-26(17-28(38)29(39)19-34)43-33-37-27-11-7-8-12-30(27)44-33;34-23-13-20(14-24(35)15-23)12-21-8-4-2-1-3-5-9-22-17-33(22,31(40)41)18-28(38)27-16-25(19-37(27)30(21)39)42-32-36-26-10-6-7-11-29(26)43-32;;/h6-8,10-12,14-16,22-23,26,28H,2-5,9,13,17-20H2,1H3;5-7,9-11,13-15,21-22,25,27H,1-4,8,12,16-19H2,(H,40,41);;1H2/q;;+1;/p-1/b10-6-;9-5-;;/t22-,23-,26-,28+,34-;21-,22-,25-,27+,33-;;/m11../s1. The van der Waals surface area contributed by atoms with Gasteiger partial charge in [0.15, 0.2) is 11.6 Å². The molecule has 0 bridgehead atoms. The van der Waals surface area contributed by atoms with Gasteiger partial charge in [-0.25, -0.2) is 27.5 Å². The molecule has 6 aromatic rings. The Morgan fingerprint density at radius 3 is 1.45 bits per heavy atom. The number of ketones is 2. The average molecular weight is 1270 g/mol. The SMILES string of the molecule is COC(=O)[C@]12CC(=O)[C@@H]3C[C@@H](Oc4nc5ccccc5s4)CN3C(=O)[C@@H](Cc3cc(F)cc(F)c3)CCCCC/C=C\[C@@H]1C2.O=C1C[C@]2(C(=O)O)C[C@H]2/C=C\CCCCC[C@H](Cc2cc(F)cc(F)c2)C(=O)N2C[C@H](Oc3nc4ccccc4s3)C[C@@H]12.[Na+].[OH-]. The first kappa shape index (κ1) is 67.0. The quantitative estimate of drug-likeness (QED) is 0.0586. The Hall–Kier alpha value is -6.36. The number of hydrogen-bond acceptors (Lipinski definition) is 14. The summed E-state index contributed by atoms with van der Waals surface area (Å²) in [5.41, 5.74) is 0.293. The summed E-state index contributed by atoms with van der Waals surface area (Å²) in [7, 11) is 1.34. The van der Waals surface area contributed by atoms with Crippen LogP contribution in [0.5, 0.6) is 10.4 Å². The number of thiazole rings is 2. The molecule has 15 nitrogen and oxygen atoms in total. The Kier molecular flexibility index (Phi) is 22.1. The number of carboxylic acids is 1. The van der Waals surface area contributed by atoms with Gasteiger partial charge in [-0.15, -0.1) is 0 Å². The largest absolute Gasteiger partial charge is 1.00 e. The van der Waals surface area contributed by atoms with Gasteiger partial charge in [-0.1, -0.05) is 96.9 Å². The summed E-state index contributed by atoms with van der Waals surface area (Å²) in [5.74, 6) is -6.69. The number of Topliss-reactive ketones (excluding diaryl/α,β-unsaturated/α-hetero) is 2. The predicted molar refractivity (Wildman–Crippen MR) is 322 cm³/mol. The molecule has 6 heterocycles. The Balaban J connectivity index is 0.000000207. The maximum Gasteiger partial charge on any atom is 1.00 e. The van der Waals surface area contributed by atoms with Gasteiger partial charge in [0.05, 0.1) is 63.5 Å². The summed E-state index contributed by atoms with van der Waals surface area (Å²) in [6, 6.07) is 20.3. The molecule has 4 fully saturated rings. The van der Waals surface area contributed by atoms with Crippen molar-refractivity contribution in [3.8, 4) is 10.4 Å². The summed E-state index contributed by atoms with van der Waals surface area (Å²) < 4.78 is 75.9. The molecule has 4 aromatic carbocycles. The number of fused-ring (bicyclic) bond motifs is 6. The number of para-hydroxylation sites is 2. The van der Waals surface area contributed by atoms with Crippen LogP contribution in [0.4, 0.5) is 17.6 Å². The zero-order valence-electron chi connectivity index (χ0n) is 49.8. The van der Waals surface area contributed by atoms with Crippen LogP contribution >= 0.6 is 22.7 Å². The van der Waals surface area contributed by atoms with Gasteiger partial charge in [0.1, 0.15) is 35.5 Å². The molecule has 0 spiro atoms. The molecule has 89 heavy (non-hydrogen) atoms. The molecule has 2 saturated heterocycles. The van der Waals surface area contributed by atoms with E-state index in [2.05, 4.69) is 16.0 Å². The molecule has 4 aliphatic heterocycles. The smallest absolute Gasteiger partial charge is 0.870 e. The summed E-state index contributed by atoms with van der Waals surface area (Å²) >= 11 is 2.79. The van der Waals surface area contributed by atoms with E-state index in [-0.39, 0.29) is 122 Å². The second-order valence-corrected chi connectivity index (χ2v) is 26.4. The number of benzene rings is 4. The molecule has 10 atom stereocenters. The van der Waals surface area contributed by atoms with E-state index in [0.717, 1.165) is 83.9 Å². The monoisotopic (exact) mass is 1270 g/mol. The van der Waals surface area contributed by atoms with Crippen molar-refractivity contribution < 1.29 is 101 Å². The van der Waals surface area contributed by atoms with Crippen LogP contribution in [0.2, 0.25) is 0 Å². The van der Waals surface area contributed by atoms with Crippen molar-refractivity contribution in [1.29, 1.82) is 0 Å². The van der Waals surface area contributed by atoms with Crippen LogP contribution in [0.15, 0.2) is 109 Å². The third-order valence-electron chi connectivity index (χ3n) is 18.3. The van der Waals surface area contributed by atoms with Crippen molar-refractivity contribution in [1.82, 2.24) is 19.8 Å². The van der Waals surface area contributed by atoms with E-state index in [0.29, 0.717) is 47.2 Å². The number of allylic oxidation sites excluding steroid dienone is 4. The number of hydrogen-bond donors (Lipinski definition) is 1. The van der Waals surface area contributed by atoms with Gasteiger partial charge in [0, 0.05) is 49.7 Å². The fourth-order valence-corrected chi connectivity index (χ4v) is 15.3. The van der Waals surface area contributed by atoms with E-state index in [9.17, 15) is 51.4 Å². The minimum atomic E-state index is -1.16. The van der Waals surface area contributed by atoms with Crippen LogP contribution in [-0.4, -0.2) is 110 Å². The summed E-state index contributed by atoms with van der Waals surface area (Å²) in [6.45, 7) is 0.316. The predicted octanol–water partition coefficient (Wildman–Crippen LogP) is 9.62. The number of ether oxygens (including phenoxy) is 3. The Morgan fingerprint density at radius 2 is 1.02 bits per heavy atom. The van der Waals surface area contributed by atoms with Crippen LogP contribution in [0.1, 0.15) is 114 Å². The zero-order valence-corrected chi connectivity index (χ0v) is 53.5. The number of aliphatic carboxylic acids is 1. The van der Waals surface area contributed by atoms with Crippen molar-refractivity contribution in [2.75, 3.05) is 20.2 Å². The normalized spacial score (nSPS) is 28.1. The maximum atomic E-state index is 14.3. The number of esters is 1. The molecule has 2 saturated carbocycles. The van der Waals surface area contributed by atoms with E-state index in [1.54, 1.807) is 4.90 Å². The number of halogens is 4. The second kappa shape index (κ2) is 29.3. The van der Waals surface area contributed by atoms with Crippen LogP contribution in [0.3, 0.4) is 0 Å². The minimum absolute atomic E-state index is 0. The van der Waals surface area contributed by atoms with Crippen molar-refractivity contribution in [2.45, 2.75) is 140 Å². The van der Waals surface area contributed by atoms with Crippen LogP contribution in [0.25, 0.3) is 20.4 Å². The van der Waals surface area contributed by atoms with E-state index in [1.807, 2.05) is 66.8 Å². The van der Waals surface area contributed by atoms with Gasteiger partial charge < -0.3 is 34.6 Å². The van der Waals surface area contributed by atoms with Gasteiger partial charge in [0.25, 0.3) is 10.4 Å². The van der Waals surface area contributed by atoms with E-state index < -0.39 is 82.2 Å². The number of methoxy groups -OCH3 is 1. The Bertz CT molecular complexity index is 3530. The van der Waals surface area contributed by atoms with Gasteiger partial charge in [0.2, 0.25) is 11.8 Å². The first-order valence-electron chi connectivity index (χ1n) is 30.2. The second-order valence-electron chi connectivity index (χ2n) is 24.4. The van der Waals surface area contributed by atoms with Gasteiger partial charge in [-0.3, -0.25) is 28.8 Å². The number of carbonyl (C=O) groups excluding carboxylic acids is 5. The molecule has 466 valence electrons. The molecule has 12 rings (SSSR count). The van der Waals surface area contributed by atoms with Crippen molar-refractivity contribution in [2.24, 2.45) is 34.5 Å². The Morgan fingerprint density at radius 1 is 0.607 bits per heavy atom. The molecule has 2 aromatic heterocycles. The molecule has 22 heteroatoms. The van der Waals surface area contributed by atoms with E-state index in [1.165, 1.54) is 58.9 Å². The summed E-state index contributed by atoms with van der Waals surface area (Å²) in [4.78, 5) is 94.0. The average Bonchev–Trinajstić information content (AvgIpc) is 1.64. The molecule has 6 aliphatic rings. The first-order chi connectivity index (χ1) is 42.0. The van der Waals surface area contributed by atoms with Crippen molar-refractivity contribution >= 4 is 78.4 Å². The number of rotatable bonds is 10. The fourth-order valence-electron chi connectivity index (χ4n) is 13.5. The number of amides is 2. The van der Waals surface area contributed by atoms with E-state index >= 15 is 0 Å². The summed E-state index contributed by atoms with van der Waals surface area (Å²) in [6.07, 6.45) is 16.2. The fraction of sp³-hybridized carbons (Fsp3) is 0.463. The maximum absolute atomic E-state index is 14.3. The topological polar surface area (TPSA) is 213 Å². The Labute approximate surface area is 543 Å². The van der Waals surface area contributed by atoms with Crippen LogP contribution in [-0.2, 0) is 46.3 Å². The number of carboxylic acid groups (broad SMARTS) is 1. The number of aromatic nitrogens is 2. The minimum Gasteiger partial charge on any atom is -0.870 e. The van der Waals surface area contributed by atoms with Gasteiger partial charge in [-0.2, -0.15) is 0 Å². The molecule has 0 unspecified atom stereocenters. The molecule has 2 amide bonds. The van der Waals surface area contributed by atoms with Crippen molar-refractivity contribution in [3.63, 3.8) is 0 Å². The van der Waals surface area contributed by atoms with Crippen LogP contribution in [0, 0.1) is 57.8 Å². The van der Waals surface area contributed by atoms with E-state index in [4.69, 9.17) is 14.2 Å². The molecule has 2 N–H and O–H groups in total. The third-order valence-corrected chi connectivity index (χ3v) is 20.1. The number of carbonyl (C=O) groups is 6. The molecule has 2 aliphatic carbocycles. The van der Waals surface area contributed by atoms with Gasteiger partial charge in [-0.05, 0) is 136 Å².